The fourth-order valence-electron chi connectivity index (χ4n) is 1.34. The van der Waals surface area contributed by atoms with Gasteiger partial charge in [0.05, 0.1) is 0 Å². The molecule has 0 aromatic heterocycles. The van der Waals surface area contributed by atoms with E-state index in [1.807, 2.05) is 20.8 Å². The van der Waals surface area contributed by atoms with Gasteiger partial charge < -0.3 is 5.32 Å². The summed E-state index contributed by atoms with van der Waals surface area (Å²) in [5.74, 6) is -0.465. The van der Waals surface area contributed by atoms with E-state index in [1.165, 1.54) is 18.2 Å². The van der Waals surface area contributed by atoms with Crippen molar-refractivity contribution in [2.24, 2.45) is 0 Å². The third-order valence-corrected chi connectivity index (χ3v) is 2.77. The molecule has 0 saturated carbocycles. The molecule has 16 heavy (non-hydrogen) atoms. The normalized spacial score (nSPS) is 11.3. The van der Waals surface area contributed by atoms with Crippen molar-refractivity contribution in [3.63, 3.8) is 0 Å². The van der Waals surface area contributed by atoms with Gasteiger partial charge in [0.15, 0.2) is 0 Å². The van der Waals surface area contributed by atoms with Crippen LogP contribution in [0.5, 0.6) is 0 Å². The van der Waals surface area contributed by atoms with E-state index in [0.717, 1.165) is 6.42 Å². The maximum absolute atomic E-state index is 12.9. The molecule has 0 saturated heterocycles. The van der Waals surface area contributed by atoms with E-state index in [0.29, 0.717) is 11.1 Å². The van der Waals surface area contributed by atoms with Crippen LogP contribution in [0.3, 0.4) is 0 Å². The summed E-state index contributed by atoms with van der Waals surface area (Å²) in [5, 5.41) is 2.92. The van der Waals surface area contributed by atoms with E-state index >= 15 is 0 Å². The van der Waals surface area contributed by atoms with Gasteiger partial charge >= 0.3 is 0 Å². The molecule has 1 amide bonds. The van der Waals surface area contributed by atoms with Gasteiger partial charge in [-0.2, -0.15) is 0 Å². The van der Waals surface area contributed by atoms with Crippen molar-refractivity contribution in [2.75, 3.05) is 0 Å². The number of hydrogen-bond acceptors (Lipinski definition) is 1. The summed E-state index contributed by atoms with van der Waals surface area (Å²) in [6, 6.07) is 4.19. The van der Waals surface area contributed by atoms with Gasteiger partial charge in [0, 0.05) is 11.1 Å². The monoisotopic (exact) mass is 223 g/mol. The summed E-state index contributed by atoms with van der Waals surface area (Å²) in [4.78, 5) is 11.9. The van der Waals surface area contributed by atoms with E-state index < -0.39 is 0 Å². The number of aryl methyl sites for hydroxylation is 1. The highest BCUT2D eigenvalue weighted by molar-refractivity contribution is 5.96. The molecule has 0 unspecified atom stereocenters. The first-order valence-electron chi connectivity index (χ1n) is 5.44. The molecule has 0 aliphatic carbocycles. The molecule has 0 radical (unpaired) electrons. The van der Waals surface area contributed by atoms with Crippen molar-refractivity contribution < 1.29 is 9.18 Å². The first kappa shape index (κ1) is 12.7. The van der Waals surface area contributed by atoms with E-state index in [-0.39, 0.29) is 17.3 Å². The molecule has 1 rings (SSSR count). The van der Waals surface area contributed by atoms with E-state index in [1.54, 1.807) is 6.92 Å². The third-order valence-electron chi connectivity index (χ3n) is 2.77. The molecule has 2 nitrogen and oxygen atoms in total. The molecule has 0 aliphatic heterocycles. The molecule has 0 fully saturated rings. The molecule has 1 aromatic rings. The molecule has 3 heteroatoms. The lowest BCUT2D eigenvalue weighted by Crippen LogP contribution is -2.43. The molecular formula is C13H18FNO. The average molecular weight is 223 g/mol. The fraction of sp³-hybridized carbons (Fsp3) is 0.462. The lowest BCUT2D eigenvalue weighted by atomic mass is 10.0. The molecule has 88 valence electrons. The van der Waals surface area contributed by atoms with Crippen LogP contribution in [0.2, 0.25) is 0 Å². The highest BCUT2D eigenvalue weighted by Crippen LogP contribution is 2.13. The van der Waals surface area contributed by atoms with E-state index in [2.05, 4.69) is 5.32 Å². The summed E-state index contributed by atoms with van der Waals surface area (Å²) < 4.78 is 12.9. The zero-order chi connectivity index (χ0) is 12.3. The summed E-state index contributed by atoms with van der Waals surface area (Å²) in [7, 11) is 0. The molecule has 0 spiro atoms. The Morgan fingerprint density at radius 2 is 2.06 bits per heavy atom. The van der Waals surface area contributed by atoms with Gasteiger partial charge in [-0.15, -0.1) is 0 Å². The van der Waals surface area contributed by atoms with Gasteiger partial charge in [0.25, 0.3) is 5.91 Å². The quantitative estimate of drug-likeness (QED) is 0.838. The molecule has 0 bridgehead atoms. The topological polar surface area (TPSA) is 29.1 Å². The SMILES string of the molecule is CCC(C)(C)NC(=O)c1ccc(F)cc1C. The zero-order valence-corrected chi connectivity index (χ0v) is 10.2. The van der Waals surface area contributed by atoms with Crippen LogP contribution in [0.25, 0.3) is 0 Å². The Bertz CT molecular complexity index is 399. The minimum Gasteiger partial charge on any atom is -0.347 e. The van der Waals surface area contributed by atoms with Crippen LogP contribution in [0.4, 0.5) is 4.39 Å². The Morgan fingerprint density at radius 1 is 1.44 bits per heavy atom. The minimum absolute atomic E-state index is 0.149. The first-order chi connectivity index (χ1) is 7.35. The maximum Gasteiger partial charge on any atom is 0.251 e. The van der Waals surface area contributed by atoms with Crippen molar-refractivity contribution in [3.8, 4) is 0 Å². The van der Waals surface area contributed by atoms with Crippen LogP contribution in [0, 0.1) is 12.7 Å². The number of nitrogens with one attached hydrogen (secondary N) is 1. The second-order valence-corrected chi connectivity index (χ2v) is 4.65. The van der Waals surface area contributed by atoms with Crippen molar-refractivity contribution in [3.05, 3.63) is 35.1 Å². The molecule has 0 aliphatic rings. The van der Waals surface area contributed by atoms with Crippen LogP contribution < -0.4 is 5.32 Å². The number of rotatable bonds is 3. The van der Waals surface area contributed by atoms with Crippen LogP contribution in [-0.2, 0) is 0 Å². The number of amides is 1. The highest BCUT2D eigenvalue weighted by Gasteiger charge is 2.19. The summed E-state index contributed by atoms with van der Waals surface area (Å²) in [6.07, 6.45) is 0.846. The Morgan fingerprint density at radius 3 is 2.56 bits per heavy atom. The number of hydrogen-bond donors (Lipinski definition) is 1. The maximum atomic E-state index is 12.9. The van der Waals surface area contributed by atoms with Gasteiger partial charge in [-0.25, -0.2) is 4.39 Å². The molecular weight excluding hydrogens is 205 g/mol. The van der Waals surface area contributed by atoms with Crippen LogP contribution in [0.1, 0.15) is 43.1 Å². The lowest BCUT2D eigenvalue weighted by molar-refractivity contribution is 0.0910. The predicted octanol–water partition coefficient (Wildman–Crippen LogP) is 3.05. The van der Waals surface area contributed by atoms with E-state index in [9.17, 15) is 9.18 Å². The summed E-state index contributed by atoms with van der Waals surface area (Å²) in [5.41, 5.74) is 0.949. The largest absolute Gasteiger partial charge is 0.347 e. The van der Waals surface area contributed by atoms with Crippen molar-refractivity contribution >= 4 is 5.91 Å². The van der Waals surface area contributed by atoms with Crippen molar-refractivity contribution in [1.82, 2.24) is 5.32 Å². The Balaban J connectivity index is 2.89. The van der Waals surface area contributed by atoms with Gasteiger partial charge in [-0.1, -0.05) is 6.92 Å². The van der Waals surface area contributed by atoms with Crippen LogP contribution in [0.15, 0.2) is 18.2 Å². The van der Waals surface area contributed by atoms with Gasteiger partial charge in [-0.05, 0) is 51.0 Å². The van der Waals surface area contributed by atoms with Crippen molar-refractivity contribution in [2.45, 2.75) is 39.7 Å². The molecule has 0 atom stereocenters. The number of carbonyl (C=O) groups excluding carboxylic acids is 1. The van der Waals surface area contributed by atoms with Crippen molar-refractivity contribution in [1.29, 1.82) is 0 Å². The highest BCUT2D eigenvalue weighted by atomic mass is 19.1. The summed E-state index contributed by atoms with van der Waals surface area (Å²) in [6.45, 7) is 7.67. The zero-order valence-electron chi connectivity index (χ0n) is 10.2. The van der Waals surface area contributed by atoms with Gasteiger partial charge in [-0.3, -0.25) is 4.79 Å². The Hall–Kier alpha value is -1.38. The van der Waals surface area contributed by atoms with Crippen LogP contribution in [-0.4, -0.2) is 11.4 Å². The number of benzene rings is 1. The van der Waals surface area contributed by atoms with Gasteiger partial charge in [0.2, 0.25) is 0 Å². The third kappa shape index (κ3) is 3.05. The average Bonchev–Trinajstić information content (AvgIpc) is 2.16. The molecule has 0 heterocycles. The second-order valence-electron chi connectivity index (χ2n) is 4.65. The molecule has 1 N–H and O–H groups in total. The number of halogens is 1. The smallest absolute Gasteiger partial charge is 0.251 e. The summed E-state index contributed by atoms with van der Waals surface area (Å²) >= 11 is 0. The Kier molecular flexibility index (Phi) is 3.68. The lowest BCUT2D eigenvalue weighted by Gasteiger charge is -2.24. The number of carbonyl (C=O) groups is 1. The predicted molar refractivity (Wildman–Crippen MR) is 63.0 cm³/mol. The fourth-order valence-corrected chi connectivity index (χ4v) is 1.34. The Labute approximate surface area is 95.9 Å². The van der Waals surface area contributed by atoms with E-state index in [4.69, 9.17) is 0 Å². The minimum atomic E-state index is -0.316. The van der Waals surface area contributed by atoms with Crippen LogP contribution >= 0.6 is 0 Å². The second kappa shape index (κ2) is 4.64. The standard InChI is InChI=1S/C13H18FNO/c1-5-13(3,4)15-12(16)11-7-6-10(14)8-9(11)2/h6-8H,5H2,1-4H3,(H,15,16). The first-order valence-corrected chi connectivity index (χ1v) is 5.44. The van der Waals surface area contributed by atoms with Gasteiger partial charge in [0.1, 0.15) is 5.82 Å². The molecule has 1 aromatic carbocycles.